The third-order valence-electron chi connectivity index (χ3n) is 3.36. The van der Waals surface area contributed by atoms with Gasteiger partial charge in [-0.15, -0.1) is 0 Å². The van der Waals surface area contributed by atoms with Gasteiger partial charge in [0, 0.05) is 23.1 Å². The Kier molecular flexibility index (Phi) is 4.17. The first kappa shape index (κ1) is 15.0. The molecule has 0 unspecified atom stereocenters. The Morgan fingerprint density at radius 3 is 2.60 bits per heavy atom. The maximum Gasteiger partial charge on any atom is 0.213 e. The number of fused-ring (bicyclic) bond motifs is 1. The highest BCUT2D eigenvalue weighted by Crippen LogP contribution is 2.24. The van der Waals surface area contributed by atoms with Gasteiger partial charge in [0.1, 0.15) is 0 Å². The number of aromatic nitrogens is 1. The van der Waals surface area contributed by atoms with Gasteiger partial charge in [-0.1, -0.05) is 6.07 Å². The fraction of sp³-hybridized carbons (Fsp3) is 0.429. The largest absolute Gasteiger partial charge is 0.358 e. The van der Waals surface area contributed by atoms with Gasteiger partial charge in [0.05, 0.1) is 5.75 Å². The van der Waals surface area contributed by atoms with Gasteiger partial charge in [-0.25, -0.2) is 13.6 Å². The normalized spacial score (nSPS) is 12.4. The molecular formula is C14H21N3O2S. The van der Waals surface area contributed by atoms with E-state index in [1.807, 2.05) is 33.2 Å². The zero-order chi connectivity index (χ0) is 14.9. The number of rotatable bonds is 5. The highest BCUT2D eigenvalue weighted by atomic mass is 32.2. The highest BCUT2D eigenvalue weighted by molar-refractivity contribution is 7.88. The van der Waals surface area contributed by atoms with E-state index in [1.165, 1.54) is 5.56 Å². The summed E-state index contributed by atoms with van der Waals surface area (Å²) >= 11 is 0. The number of likely N-dealkylation sites (N-methyl/N-ethyl adjacent to an activating group) is 1. The highest BCUT2D eigenvalue weighted by Gasteiger charge is 2.11. The van der Waals surface area contributed by atoms with Crippen LogP contribution in [0.25, 0.3) is 10.9 Å². The van der Waals surface area contributed by atoms with E-state index in [1.54, 1.807) is 6.07 Å². The topological polar surface area (TPSA) is 79.2 Å². The minimum absolute atomic E-state index is 0.125. The number of nitrogens with zero attached hydrogens (tertiary/aromatic N) is 1. The van der Waals surface area contributed by atoms with E-state index in [-0.39, 0.29) is 5.75 Å². The quantitative estimate of drug-likeness (QED) is 0.874. The fourth-order valence-corrected chi connectivity index (χ4v) is 3.05. The summed E-state index contributed by atoms with van der Waals surface area (Å²) in [6.45, 7) is 3.00. The van der Waals surface area contributed by atoms with Crippen LogP contribution in [0.5, 0.6) is 0 Å². The molecule has 2 aromatic rings. The number of nitrogens with one attached hydrogen (secondary N) is 1. The first-order chi connectivity index (χ1) is 9.26. The summed E-state index contributed by atoms with van der Waals surface area (Å²) in [7, 11) is 0.581. The van der Waals surface area contributed by atoms with Crippen molar-refractivity contribution in [2.24, 2.45) is 5.14 Å². The van der Waals surface area contributed by atoms with E-state index in [9.17, 15) is 8.42 Å². The van der Waals surface area contributed by atoms with Gasteiger partial charge in [-0.3, -0.25) is 0 Å². The second kappa shape index (κ2) is 5.55. The van der Waals surface area contributed by atoms with Crippen molar-refractivity contribution in [1.82, 2.24) is 9.88 Å². The van der Waals surface area contributed by atoms with Crippen LogP contribution in [0.4, 0.5) is 0 Å². The summed E-state index contributed by atoms with van der Waals surface area (Å²) in [5, 5.41) is 6.20. The van der Waals surface area contributed by atoms with Crippen molar-refractivity contribution in [3.8, 4) is 0 Å². The average Bonchev–Trinajstić information content (AvgIpc) is 2.59. The Labute approximate surface area is 119 Å². The predicted octanol–water partition coefficient (Wildman–Crippen LogP) is 1.37. The number of sulfonamides is 1. The van der Waals surface area contributed by atoms with E-state index < -0.39 is 10.0 Å². The molecule has 0 radical (unpaired) electrons. The molecule has 0 atom stereocenters. The monoisotopic (exact) mass is 295 g/mol. The summed E-state index contributed by atoms with van der Waals surface area (Å²) in [5.41, 5.74) is 4.14. The standard InChI is InChI=1S/C14H21N3O2S/c1-10-12(6-7-17(2)3)13-8-11(9-20(15,18)19)4-5-14(13)16-10/h4-5,8,16H,6-7,9H2,1-3H3,(H2,15,18,19). The zero-order valence-corrected chi connectivity index (χ0v) is 12.9. The molecule has 0 spiro atoms. The molecule has 0 saturated heterocycles. The van der Waals surface area contributed by atoms with Crippen LogP contribution in [0.15, 0.2) is 18.2 Å². The van der Waals surface area contributed by atoms with E-state index in [4.69, 9.17) is 5.14 Å². The smallest absolute Gasteiger partial charge is 0.213 e. The molecule has 1 aromatic carbocycles. The summed E-state index contributed by atoms with van der Waals surface area (Å²) in [4.78, 5) is 5.47. The maximum absolute atomic E-state index is 11.2. The molecule has 0 fully saturated rings. The fourth-order valence-electron chi connectivity index (χ4n) is 2.41. The molecule has 1 aromatic heterocycles. The Morgan fingerprint density at radius 1 is 1.30 bits per heavy atom. The van der Waals surface area contributed by atoms with Crippen molar-refractivity contribution < 1.29 is 8.42 Å². The first-order valence-electron chi connectivity index (χ1n) is 6.51. The van der Waals surface area contributed by atoms with Gasteiger partial charge in [-0.2, -0.15) is 0 Å². The number of aryl methyl sites for hydroxylation is 1. The number of hydrogen-bond donors (Lipinski definition) is 2. The lowest BCUT2D eigenvalue weighted by molar-refractivity contribution is 0.414. The van der Waals surface area contributed by atoms with Gasteiger partial charge < -0.3 is 9.88 Å². The van der Waals surface area contributed by atoms with E-state index in [0.717, 1.165) is 35.1 Å². The van der Waals surface area contributed by atoms with E-state index >= 15 is 0 Å². The molecule has 0 bridgehead atoms. The van der Waals surface area contributed by atoms with Crippen LogP contribution >= 0.6 is 0 Å². The lowest BCUT2D eigenvalue weighted by Crippen LogP contribution is -2.15. The minimum atomic E-state index is -3.50. The third-order valence-corrected chi connectivity index (χ3v) is 4.10. The van der Waals surface area contributed by atoms with E-state index in [0.29, 0.717) is 0 Å². The van der Waals surface area contributed by atoms with Gasteiger partial charge in [0.25, 0.3) is 0 Å². The second-order valence-electron chi connectivity index (χ2n) is 5.47. The Morgan fingerprint density at radius 2 is 2.00 bits per heavy atom. The molecule has 0 amide bonds. The van der Waals surface area contributed by atoms with Crippen LogP contribution in [-0.4, -0.2) is 38.9 Å². The number of H-pyrrole nitrogens is 1. The lowest BCUT2D eigenvalue weighted by atomic mass is 10.1. The van der Waals surface area contributed by atoms with Crippen LogP contribution in [0.2, 0.25) is 0 Å². The Hall–Kier alpha value is -1.37. The number of nitrogens with two attached hydrogens (primary N) is 1. The molecule has 20 heavy (non-hydrogen) atoms. The van der Waals surface area contributed by atoms with Crippen molar-refractivity contribution in [3.63, 3.8) is 0 Å². The van der Waals surface area contributed by atoms with Gasteiger partial charge in [0.15, 0.2) is 0 Å². The number of aromatic amines is 1. The molecule has 3 N–H and O–H groups in total. The molecule has 0 saturated carbocycles. The van der Waals surface area contributed by atoms with Crippen molar-refractivity contribution in [2.45, 2.75) is 19.1 Å². The average molecular weight is 295 g/mol. The molecule has 6 heteroatoms. The number of primary sulfonamides is 1. The molecule has 0 aliphatic carbocycles. The molecule has 1 heterocycles. The predicted molar refractivity (Wildman–Crippen MR) is 82.1 cm³/mol. The second-order valence-corrected chi connectivity index (χ2v) is 7.08. The maximum atomic E-state index is 11.2. The summed E-state index contributed by atoms with van der Waals surface area (Å²) in [5.74, 6) is -0.125. The van der Waals surface area contributed by atoms with Crippen LogP contribution in [0, 0.1) is 6.92 Å². The number of benzene rings is 1. The summed E-state index contributed by atoms with van der Waals surface area (Å²) in [6, 6.07) is 5.65. The molecule has 2 rings (SSSR count). The van der Waals surface area contributed by atoms with Gasteiger partial charge in [-0.05, 0) is 50.7 Å². The molecule has 110 valence electrons. The number of hydrogen-bond acceptors (Lipinski definition) is 3. The molecular weight excluding hydrogens is 274 g/mol. The minimum Gasteiger partial charge on any atom is -0.358 e. The summed E-state index contributed by atoms with van der Waals surface area (Å²) < 4.78 is 22.4. The van der Waals surface area contributed by atoms with Crippen molar-refractivity contribution in [3.05, 3.63) is 35.0 Å². The summed E-state index contributed by atoms with van der Waals surface area (Å²) in [6.07, 6.45) is 0.928. The van der Waals surface area contributed by atoms with Crippen LogP contribution in [0.1, 0.15) is 16.8 Å². The van der Waals surface area contributed by atoms with Crippen molar-refractivity contribution in [1.29, 1.82) is 0 Å². The lowest BCUT2D eigenvalue weighted by Gasteiger charge is -2.09. The Balaban J connectivity index is 2.41. The third kappa shape index (κ3) is 3.59. The van der Waals surface area contributed by atoms with Crippen LogP contribution in [-0.2, 0) is 22.2 Å². The van der Waals surface area contributed by atoms with Crippen molar-refractivity contribution >= 4 is 20.9 Å². The molecule has 5 nitrogen and oxygen atoms in total. The van der Waals surface area contributed by atoms with Crippen LogP contribution in [0.3, 0.4) is 0 Å². The van der Waals surface area contributed by atoms with Crippen LogP contribution < -0.4 is 5.14 Å². The SMILES string of the molecule is Cc1[nH]c2ccc(CS(N)(=O)=O)cc2c1CCN(C)C. The molecule has 0 aliphatic rings. The van der Waals surface area contributed by atoms with Crippen molar-refractivity contribution in [2.75, 3.05) is 20.6 Å². The zero-order valence-electron chi connectivity index (χ0n) is 12.1. The first-order valence-corrected chi connectivity index (χ1v) is 8.23. The van der Waals surface area contributed by atoms with Gasteiger partial charge >= 0.3 is 0 Å². The van der Waals surface area contributed by atoms with E-state index in [2.05, 4.69) is 9.88 Å². The van der Waals surface area contributed by atoms with Gasteiger partial charge in [0.2, 0.25) is 10.0 Å². The molecule has 0 aliphatic heterocycles. The Bertz CT molecular complexity index is 717.